The number of morpholine rings is 1. The Morgan fingerprint density at radius 2 is 1.90 bits per heavy atom. The van der Waals surface area contributed by atoms with E-state index in [9.17, 15) is 0 Å². The molecule has 2 aromatic rings. The van der Waals surface area contributed by atoms with Crippen molar-refractivity contribution in [3.63, 3.8) is 0 Å². The smallest absolute Gasteiger partial charge is 0.248 e. The maximum Gasteiger partial charge on any atom is 0.248 e. The molecule has 0 amide bonds. The van der Waals surface area contributed by atoms with Crippen molar-refractivity contribution in [2.75, 3.05) is 39.4 Å². The van der Waals surface area contributed by atoms with Gasteiger partial charge in [-0.1, -0.05) is 30.6 Å². The van der Waals surface area contributed by atoms with Gasteiger partial charge in [0.15, 0.2) is 5.96 Å². The minimum absolute atomic E-state index is 0. The van der Waals surface area contributed by atoms with Gasteiger partial charge in [-0.2, -0.15) is 4.98 Å². The molecule has 1 fully saturated rings. The molecule has 8 nitrogen and oxygen atoms in total. The summed E-state index contributed by atoms with van der Waals surface area (Å²) < 4.78 is 10.9. The predicted octanol–water partition coefficient (Wildman–Crippen LogP) is 3.42. The third kappa shape index (κ3) is 7.89. The van der Waals surface area contributed by atoms with Crippen LogP contribution in [0.25, 0.3) is 11.4 Å². The highest BCUT2D eigenvalue weighted by Crippen LogP contribution is 2.19. The summed E-state index contributed by atoms with van der Waals surface area (Å²) in [5, 5.41) is 11.5. The van der Waals surface area contributed by atoms with Crippen molar-refractivity contribution < 1.29 is 9.26 Å². The number of guanidine groups is 1. The average Bonchev–Trinajstić information content (AvgIpc) is 3.22. The number of halogens is 2. The fraction of sp³-hybridized carbons (Fsp3) is 0.571. The number of rotatable bonds is 8. The van der Waals surface area contributed by atoms with Crippen LogP contribution >= 0.6 is 35.6 Å². The number of aromatic nitrogens is 2. The summed E-state index contributed by atoms with van der Waals surface area (Å²) in [5.74, 6) is 2.26. The highest BCUT2D eigenvalue weighted by atomic mass is 127. The Morgan fingerprint density at radius 3 is 2.55 bits per heavy atom. The molecule has 1 unspecified atom stereocenters. The number of ether oxygens (including phenoxy) is 1. The molecule has 3 rings (SSSR count). The summed E-state index contributed by atoms with van der Waals surface area (Å²) in [4.78, 5) is 11.5. The molecule has 1 aromatic carbocycles. The fourth-order valence-electron chi connectivity index (χ4n) is 3.42. The standard InChI is InChI=1S/C21H31ClN6O2.HI/c1-4-23-21(24-13-18(15(2)3)28-9-11-29-12-10-28)25-14-19-26-20(27-30-19)16-5-7-17(22)8-6-16;/h5-8,15,18H,4,9-14H2,1-3H3,(H2,23,24,25);1H. The van der Waals surface area contributed by atoms with Gasteiger partial charge >= 0.3 is 0 Å². The predicted molar refractivity (Wildman–Crippen MR) is 134 cm³/mol. The van der Waals surface area contributed by atoms with Gasteiger partial charge in [-0.05, 0) is 37.1 Å². The molecular formula is C21H32ClIN6O2. The summed E-state index contributed by atoms with van der Waals surface area (Å²) >= 11 is 5.93. The average molecular weight is 563 g/mol. The SMILES string of the molecule is CCNC(=NCc1nc(-c2ccc(Cl)cc2)no1)NCC(C(C)C)N1CCOCC1.I. The lowest BCUT2D eigenvalue weighted by Gasteiger charge is -2.37. The zero-order valence-corrected chi connectivity index (χ0v) is 21.4. The molecule has 10 heteroatoms. The van der Waals surface area contributed by atoms with Crippen LogP contribution in [0.15, 0.2) is 33.8 Å². The first-order valence-corrected chi connectivity index (χ1v) is 10.9. The Kier molecular flexibility index (Phi) is 11.0. The lowest BCUT2D eigenvalue weighted by Crippen LogP contribution is -2.52. The highest BCUT2D eigenvalue weighted by molar-refractivity contribution is 14.0. The first kappa shape index (κ1) is 25.8. The third-order valence-electron chi connectivity index (χ3n) is 5.05. The molecule has 0 saturated carbocycles. The number of nitrogens with zero attached hydrogens (tertiary/aromatic N) is 4. The van der Waals surface area contributed by atoms with Gasteiger partial charge in [-0.15, -0.1) is 24.0 Å². The summed E-state index contributed by atoms with van der Waals surface area (Å²) in [6.45, 7) is 12.0. The molecule has 1 atom stereocenters. The Labute approximate surface area is 206 Å². The number of hydrogen-bond acceptors (Lipinski definition) is 6. The van der Waals surface area contributed by atoms with Crippen LogP contribution in [-0.2, 0) is 11.3 Å². The molecule has 1 aliphatic heterocycles. The number of aliphatic imine (C=N–C) groups is 1. The van der Waals surface area contributed by atoms with Crippen molar-refractivity contribution in [2.45, 2.75) is 33.4 Å². The number of nitrogens with one attached hydrogen (secondary N) is 2. The Balaban J connectivity index is 0.00000341. The molecule has 1 saturated heterocycles. The minimum Gasteiger partial charge on any atom is -0.379 e. The zero-order valence-electron chi connectivity index (χ0n) is 18.3. The lowest BCUT2D eigenvalue weighted by molar-refractivity contribution is 0.00752. The van der Waals surface area contributed by atoms with Crippen LogP contribution in [-0.4, -0.2) is 66.4 Å². The van der Waals surface area contributed by atoms with Gasteiger partial charge in [0.2, 0.25) is 11.7 Å². The summed E-state index contributed by atoms with van der Waals surface area (Å²) in [6, 6.07) is 7.75. The van der Waals surface area contributed by atoms with E-state index in [0.717, 1.165) is 50.9 Å². The summed E-state index contributed by atoms with van der Waals surface area (Å²) in [5.41, 5.74) is 0.855. The van der Waals surface area contributed by atoms with Crippen molar-refractivity contribution in [1.29, 1.82) is 0 Å². The minimum atomic E-state index is 0. The molecule has 0 radical (unpaired) electrons. The van der Waals surface area contributed by atoms with E-state index in [1.54, 1.807) is 12.1 Å². The van der Waals surface area contributed by atoms with Gasteiger partial charge in [-0.3, -0.25) is 4.90 Å². The third-order valence-corrected chi connectivity index (χ3v) is 5.30. The molecule has 31 heavy (non-hydrogen) atoms. The molecule has 1 aromatic heterocycles. The second-order valence-corrected chi connectivity index (χ2v) is 7.99. The monoisotopic (exact) mass is 562 g/mol. The van der Waals surface area contributed by atoms with E-state index in [4.69, 9.17) is 20.9 Å². The molecule has 2 N–H and O–H groups in total. The fourth-order valence-corrected chi connectivity index (χ4v) is 3.55. The van der Waals surface area contributed by atoms with E-state index in [1.165, 1.54) is 0 Å². The van der Waals surface area contributed by atoms with Gasteiger partial charge in [0.05, 0.1) is 13.2 Å². The van der Waals surface area contributed by atoms with E-state index >= 15 is 0 Å². The van der Waals surface area contributed by atoms with Crippen molar-refractivity contribution in [3.05, 3.63) is 35.2 Å². The lowest BCUT2D eigenvalue weighted by atomic mass is 10.0. The van der Waals surface area contributed by atoms with Crippen molar-refractivity contribution in [2.24, 2.45) is 10.9 Å². The van der Waals surface area contributed by atoms with Gasteiger partial charge in [0.1, 0.15) is 6.54 Å². The van der Waals surface area contributed by atoms with E-state index in [1.807, 2.05) is 19.1 Å². The van der Waals surface area contributed by atoms with Crippen LogP contribution in [0.2, 0.25) is 5.02 Å². The van der Waals surface area contributed by atoms with Crippen LogP contribution in [0.3, 0.4) is 0 Å². The van der Waals surface area contributed by atoms with Crippen LogP contribution in [0.5, 0.6) is 0 Å². The summed E-state index contributed by atoms with van der Waals surface area (Å²) in [7, 11) is 0. The quantitative estimate of drug-likeness (QED) is 0.290. The van der Waals surface area contributed by atoms with Crippen LogP contribution in [0.1, 0.15) is 26.7 Å². The zero-order chi connectivity index (χ0) is 21.3. The van der Waals surface area contributed by atoms with Gasteiger partial charge in [0, 0.05) is 42.8 Å². The van der Waals surface area contributed by atoms with Crippen molar-refractivity contribution in [1.82, 2.24) is 25.7 Å². The summed E-state index contributed by atoms with van der Waals surface area (Å²) in [6.07, 6.45) is 0. The molecule has 0 bridgehead atoms. The highest BCUT2D eigenvalue weighted by Gasteiger charge is 2.23. The van der Waals surface area contributed by atoms with E-state index < -0.39 is 0 Å². The largest absolute Gasteiger partial charge is 0.379 e. The second kappa shape index (κ2) is 13.2. The van der Waals surface area contributed by atoms with Crippen LogP contribution < -0.4 is 10.6 Å². The Morgan fingerprint density at radius 1 is 1.19 bits per heavy atom. The number of benzene rings is 1. The van der Waals surface area contributed by atoms with Gasteiger partial charge < -0.3 is 19.9 Å². The first-order chi connectivity index (χ1) is 14.6. The van der Waals surface area contributed by atoms with Crippen LogP contribution in [0.4, 0.5) is 0 Å². The van der Waals surface area contributed by atoms with Gasteiger partial charge in [0.25, 0.3) is 0 Å². The molecule has 2 heterocycles. The molecule has 172 valence electrons. The maximum atomic E-state index is 5.93. The molecule has 0 spiro atoms. The van der Waals surface area contributed by atoms with E-state index in [0.29, 0.717) is 35.2 Å². The van der Waals surface area contributed by atoms with Crippen LogP contribution in [0, 0.1) is 5.92 Å². The maximum absolute atomic E-state index is 5.93. The normalized spacial score (nSPS) is 16.1. The van der Waals surface area contributed by atoms with E-state index in [-0.39, 0.29) is 24.0 Å². The van der Waals surface area contributed by atoms with Crippen molar-refractivity contribution in [3.8, 4) is 11.4 Å². The molecule has 1 aliphatic rings. The second-order valence-electron chi connectivity index (χ2n) is 7.55. The van der Waals surface area contributed by atoms with Crippen molar-refractivity contribution >= 4 is 41.5 Å². The topological polar surface area (TPSA) is 87.8 Å². The Bertz CT molecular complexity index is 808. The first-order valence-electron chi connectivity index (χ1n) is 10.5. The number of hydrogen-bond donors (Lipinski definition) is 2. The van der Waals surface area contributed by atoms with E-state index in [2.05, 4.69) is 44.5 Å². The molecular weight excluding hydrogens is 531 g/mol. The van der Waals surface area contributed by atoms with Gasteiger partial charge in [-0.25, -0.2) is 4.99 Å². The Hall–Kier alpha value is -1.43. The molecule has 0 aliphatic carbocycles.